The molecule has 1 aromatic heterocycles. The van der Waals surface area contributed by atoms with Gasteiger partial charge in [-0.3, -0.25) is 0 Å². The molecule has 0 aromatic carbocycles. The number of rotatable bonds is 17. The number of alkyl carbamates (subject to hydrolysis) is 1. The Hall–Kier alpha value is -1.79. The molecule has 27 heavy (non-hydrogen) atoms. The Balaban J connectivity index is 1.89. The Morgan fingerprint density at radius 3 is 2.15 bits per heavy atom. The van der Waals surface area contributed by atoms with Gasteiger partial charge in [0.15, 0.2) is 0 Å². The molecule has 1 rings (SSSR count). The first-order valence-corrected chi connectivity index (χ1v) is 8.77. The predicted octanol–water partition coefficient (Wildman–Crippen LogP) is -0.153. The second kappa shape index (κ2) is 16.4. The van der Waals surface area contributed by atoms with E-state index in [0.29, 0.717) is 65.1 Å². The molecule has 1 aromatic rings. The molecule has 0 saturated carbocycles. The van der Waals surface area contributed by atoms with Crippen LogP contribution in [-0.2, 0) is 41.5 Å². The molecule has 11 heteroatoms. The topological polar surface area (TPSA) is 115 Å². The van der Waals surface area contributed by atoms with Gasteiger partial charge in [-0.25, -0.2) is 9.48 Å². The van der Waals surface area contributed by atoms with Crippen LogP contribution in [0.1, 0.15) is 5.69 Å². The molecule has 1 N–H and O–H groups in total. The summed E-state index contributed by atoms with van der Waals surface area (Å²) in [4.78, 5) is 11.6. The second-order valence-corrected chi connectivity index (χ2v) is 5.29. The van der Waals surface area contributed by atoms with Crippen molar-refractivity contribution >= 4 is 6.09 Å². The van der Waals surface area contributed by atoms with Crippen molar-refractivity contribution in [1.29, 1.82) is 0 Å². The lowest BCUT2D eigenvalue weighted by Gasteiger charge is -2.08. The van der Waals surface area contributed by atoms with E-state index in [1.54, 1.807) is 25.1 Å². The second-order valence-electron chi connectivity index (χ2n) is 5.29. The average molecular weight is 390 g/mol. The minimum absolute atomic E-state index is 0.159. The van der Waals surface area contributed by atoms with Gasteiger partial charge in [0.1, 0.15) is 12.3 Å². The molecule has 156 valence electrons. The van der Waals surface area contributed by atoms with Gasteiger partial charge in [0.2, 0.25) is 0 Å². The fraction of sp³-hybridized carbons (Fsp3) is 0.812. The van der Waals surface area contributed by atoms with E-state index in [1.807, 2.05) is 0 Å². The molecule has 0 spiro atoms. The summed E-state index contributed by atoms with van der Waals surface area (Å²) in [6, 6.07) is 0. The van der Waals surface area contributed by atoms with Crippen LogP contribution in [0.3, 0.4) is 0 Å². The molecular weight excluding hydrogens is 360 g/mol. The van der Waals surface area contributed by atoms with E-state index in [-0.39, 0.29) is 13.2 Å². The highest BCUT2D eigenvalue weighted by molar-refractivity contribution is 5.66. The third kappa shape index (κ3) is 13.1. The number of hydrogen-bond donors (Lipinski definition) is 1. The number of hydrogen-bond acceptors (Lipinski definition) is 9. The van der Waals surface area contributed by atoms with Gasteiger partial charge in [0.25, 0.3) is 0 Å². The minimum atomic E-state index is -0.533. The largest absolute Gasteiger partial charge is 0.447 e. The van der Waals surface area contributed by atoms with Gasteiger partial charge in [-0.1, -0.05) is 5.21 Å². The molecule has 0 bridgehead atoms. The summed E-state index contributed by atoms with van der Waals surface area (Å²) in [7, 11) is 3.24. The smallest absolute Gasteiger partial charge is 0.407 e. The van der Waals surface area contributed by atoms with Crippen LogP contribution in [0.4, 0.5) is 4.79 Å². The summed E-state index contributed by atoms with van der Waals surface area (Å²) in [5, 5.41) is 10.5. The summed E-state index contributed by atoms with van der Waals surface area (Å²) in [5.74, 6) is 0. The zero-order valence-corrected chi connectivity index (χ0v) is 16.1. The minimum Gasteiger partial charge on any atom is -0.447 e. The lowest BCUT2D eigenvalue weighted by atomic mass is 10.5. The lowest BCUT2D eigenvalue weighted by Crippen LogP contribution is -2.25. The van der Waals surface area contributed by atoms with Crippen molar-refractivity contribution in [2.45, 2.75) is 13.1 Å². The van der Waals surface area contributed by atoms with E-state index in [1.165, 1.54) is 0 Å². The van der Waals surface area contributed by atoms with Gasteiger partial charge in [-0.15, -0.1) is 5.10 Å². The van der Waals surface area contributed by atoms with Crippen molar-refractivity contribution in [2.24, 2.45) is 0 Å². The molecular formula is C16H30N4O7. The van der Waals surface area contributed by atoms with Crippen LogP contribution >= 0.6 is 0 Å². The van der Waals surface area contributed by atoms with E-state index in [0.717, 1.165) is 0 Å². The molecule has 0 fully saturated rings. The van der Waals surface area contributed by atoms with Gasteiger partial charge in [0, 0.05) is 14.2 Å². The number of ether oxygens (including phenoxy) is 6. The monoisotopic (exact) mass is 390 g/mol. The Morgan fingerprint density at radius 1 is 0.926 bits per heavy atom. The van der Waals surface area contributed by atoms with Crippen molar-refractivity contribution in [1.82, 2.24) is 20.3 Å². The van der Waals surface area contributed by atoms with E-state index >= 15 is 0 Å². The highest BCUT2D eigenvalue weighted by Crippen LogP contribution is 1.93. The van der Waals surface area contributed by atoms with Crippen LogP contribution in [0, 0.1) is 0 Å². The standard InChI is InChI=1S/C16H30N4O7/c1-22-4-3-20-14-15(18-19-20)13-17-16(21)27-12-11-26-10-9-25-8-7-24-6-5-23-2/h14H,3-13H2,1-2H3,(H,17,21). The molecule has 0 aliphatic heterocycles. The summed E-state index contributed by atoms with van der Waals surface area (Å²) < 4.78 is 32.3. The van der Waals surface area contributed by atoms with Gasteiger partial charge >= 0.3 is 6.09 Å². The molecule has 0 aliphatic carbocycles. The number of methoxy groups -OCH3 is 2. The maximum atomic E-state index is 11.6. The Labute approximate surface area is 159 Å². The summed E-state index contributed by atoms with van der Waals surface area (Å²) in [6.45, 7) is 4.89. The fourth-order valence-electron chi connectivity index (χ4n) is 1.80. The van der Waals surface area contributed by atoms with Crippen molar-refractivity contribution in [2.75, 3.05) is 73.7 Å². The maximum Gasteiger partial charge on any atom is 0.407 e. The number of carbonyl (C=O) groups excluding carboxylic acids is 1. The molecule has 0 saturated heterocycles. The first-order valence-electron chi connectivity index (χ1n) is 8.77. The number of nitrogens with one attached hydrogen (secondary N) is 1. The molecule has 11 nitrogen and oxygen atoms in total. The molecule has 0 radical (unpaired) electrons. The SMILES string of the molecule is COCCOCCOCCOCCOC(=O)NCc1cn(CCOC)nn1. The molecule has 0 aliphatic rings. The quantitative estimate of drug-likeness (QED) is 0.362. The molecule has 1 heterocycles. The number of nitrogens with zero attached hydrogens (tertiary/aromatic N) is 3. The highest BCUT2D eigenvalue weighted by Gasteiger charge is 2.05. The van der Waals surface area contributed by atoms with Gasteiger partial charge < -0.3 is 33.7 Å². The summed E-state index contributed by atoms with van der Waals surface area (Å²) in [6.07, 6.45) is 1.21. The zero-order chi connectivity index (χ0) is 19.6. The van der Waals surface area contributed by atoms with E-state index in [2.05, 4.69) is 15.6 Å². The zero-order valence-electron chi connectivity index (χ0n) is 16.1. The number of aromatic nitrogens is 3. The third-order valence-electron chi connectivity index (χ3n) is 3.16. The molecule has 0 atom stereocenters. The van der Waals surface area contributed by atoms with E-state index in [4.69, 9.17) is 28.4 Å². The predicted molar refractivity (Wildman–Crippen MR) is 94.4 cm³/mol. The highest BCUT2D eigenvalue weighted by atomic mass is 16.6. The van der Waals surface area contributed by atoms with E-state index < -0.39 is 6.09 Å². The van der Waals surface area contributed by atoms with Crippen molar-refractivity contribution in [3.63, 3.8) is 0 Å². The maximum absolute atomic E-state index is 11.6. The van der Waals surface area contributed by atoms with Crippen LogP contribution in [0.15, 0.2) is 6.20 Å². The van der Waals surface area contributed by atoms with Crippen LogP contribution in [0.5, 0.6) is 0 Å². The van der Waals surface area contributed by atoms with Crippen LogP contribution < -0.4 is 5.32 Å². The number of amides is 1. The summed E-state index contributed by atoms with van der Waals surface area (Å²) in [5.41, 5.74) is 0.641. The fourth-order valence-corrected chi connectivity index (χ4v) is 1.80. The Bertz CT molecular complexity index is 487. The van der Waals surface area contributed by atoms with Crippen LogP contribution in [-0.4, -0.2) is 94.8 Å². The third-order valence-corrected chi connectivity index (χ3v) is 3.16. The molecule has 0 unspecified atom stereocenters. The van der Waals surface area contributed by atoms with E-state index in [9.17, 15) is 4.79 Å². The Kier molecular flexibility index (Phi) is 14.1. The first-order chi connectivity index (χ1) is 13.3. The van der Waals surface area contributed by atoms with Gasteiger partial charge in [0.05, 0.1) is 72.1 Å². The van der Waals surface area contributed by atoms with Crippen molar-refractivity contribution < 1.29 is 33.2 Å². The van der Waals surface area contributed by atoms with Gasteiger partial charge in [-0.05, 0) is 0 Å². The lowest BCUT2D eigenvalue weighted by molar-refractivity contribution is -0.00230. The molecule has 1 amide bonds. The normalized spacial score (nSPS) is 10.9. The van der Waals surface area contributed by atoms with Crippen LogP contribution in [0.2, 0.25) is 0 Å². The summed E-state index contributed by atoms with van der Waals surface area (Å²) >= 11 is 0. The van der Waals surface area contributed by atoms with Crippen molar-refractivity contribution in [3.8, 4) is 0 Å². The average Bonchev–Trinajstić information content (AvgIpc) is 3.13. The Morgan fingerprint density at radius 2 is 1.52 bits per heavy atom. The van der Waals surface area contributed by atoms with Gasteiger partial charge in [-0.2, -0.15) is 0 Å². The van der Waals surface area contributed by atoms with Crippen molar-refractivity contribution in [3.05, 3.63) is 11.9 Å². The number of carbonyl (C=O) groups is 1. The first kappa shape index (κ1) is 23.2. The van der Waals surface area contributed by atoms with Crippen LogP contribution in [0.25, 0.3) is 0 Å².